The molecule has 1 aromatic rings. The van der Waals surface area contributed by atoms with E-state index in [1.54, 1.807) is 0 Å². The second-order valence-electron chi connectivity index (χ2n) is 5.33. The highest BCUT2D eigenvalue weighted by Gasteiger charge is 2.30. The van der Waals surface area contributed by atoms with Crippen molar-refractivity contribution >= 4 is 0 Å². The van der Waals surface area contributed by atoms with Gasteiger partial charge in [-0.2, -0.15) is 5.26 Å². The molecule has 0 spiro atoms. The Labute approximate surface area is 109 Å². The molecule has 1 aliphatic rings. The van der Waals surface area contributed by atoms with Crippen LogP contribution in [-0.4, -0.2) is 37.1 Å². The molecule has 1 N–H and O–H groups in total. The van der Waals surface area contributed by atoms with E-state index in [2.05, 4.69) is 46.6 Å². The van der Waals surface area contributed by atoms with Crippen LogP contribution in [0.2, 0.25) is 0 Å². The average molecular weight is 243 g/mol. The van der Waals surface area contributed by atoms with Crippen LogP contribution in [0.3, 0.4) is 0 Å². The van der Waals surface area contributed by atoms with Crippen molar-refractivity contribution in [3.63, 3.8) is 0 Å². The van der Waals surface area contributed by atoms with Gasteiger partial charge in [0.15, 0.2) is 0 Å². The number of rotatable bonds is 4. The van der Waals surface area contributed by atoms with Gasteiger partial charge in [-0.25, -0.2) is 0 Å². The van der Waals surface area contributed by atoms with Gasteiger partial charge in [-0.1, -0.05) is 30.3 Å². The molecule has 2 unspecified atom stereocenters. The SMILES string of the molecule is CNC(C)(C#N)CN1CCC(c2ccccc2)C1. The predicted octanol–water partition coefficient (Wildman–Crippen LogP) is 1.98. The van der Waals surface area contributed by atoms with Gasteiger partial charge >= 0.3 is 0 Å². The number of nitriles is 1. The van der Waals surface area contributed by atoms with Gasteiger partial charge in [0.05, 0.1) is 6.07 Å². The summed E-state index contributed by atoms with van der Waals surface area (Å²) < 4.78 is 0. The van der Waals surface area contributed by atoms with E-state index in [9.17, 15) is 5.26 Å². The minimum atomic E-state index is -0.439. The van der Waals surface area contributed by atoms with Crippen molar-refractivity contribution in [3.05, 3.63) is 35.9 Å². The highest BCUT2D eigenvalue weighted by atomic mass is 15.2. The lowest BCUT2D eigenvalue weighted by atomic mass is 9.98. The molecule has 0 aromatic heterocycles. The summed E-state index contributed by atoms with van der Waals surface area (Å²) in [7, 11) is 1.86. The molecule has 1 aromatic carbocycles. The van der Waals surface area contributed by atoms with E-state index in [0.29, 0.717) is 5.92 Å². The first kappa shape index (κ1) is 13.1. The summed E-state index contributed by atoms with van der Waals surface area (Å²) in [6.07, 6.45) is 1.19. The fourth-order valence-corrected chi connectivity index (χ4v) is 2.59. The first-order valence-electron chi connectivity index (χ1n) is 6.54. The number of likely N-dealkylation sites (N-methyl/N-ethyl adjacent to an activating group) is 1. The highest BCUT2D eigenvalue weighted by molar-refractivity contribution is 5.21. The lowest BCUT2D eigenvalue weighted by molar-refractivity contribution is 0.267. The zero-order valence-corrected chi connectivity index (χ0v) is 11.2. The number of likely N-dealkylation sites (tertiary alicyclic amines) is 1. The summed E-state index contributed by atoms with van der Waals surface area (Å²) in [5.41, 5.74) is 0.981. The molecule has 0 amide bonds. The Bertz CT molecular complexity index is 423. The zero-order chi connectivity index (χ0) is 13.0. The van der Waals surface area contributed by atoms with Gasteiger partial charge in [-0.3, -0.25) is 4.90 Å². The third-order valence-corrected chi connectivity index (χ3v) is 3.88. The van der Waals surface area contributed by atoms with Crippen molar-refractivity contribution in [1.29, 1.82) is 5.26 Å². The molecule has 18 heavy (non-hydrogen) atoms. The maximum atomic E-state index is 9.19. The van der Waals surface area contributed by atoms with Crippen molar-refractivity contribution in [2.45, 2.75) is 24.8 Å². The second-order valence-corrected chi connectivity index (χ2v) is 5.33. The number of hydrogen-bond acceptors (Lipinski definition) is 3. The first-order valence-corrected chi connectivity index (χ1v) is 6.54. The van der Waals surface area contributed by atoms with Crippen LogP contribution in [0.25, 0.3) is 0 Å². The Kier molecular flexibility index (Phi) is 4.00. The maximum absolute atomic E-state index is 9.19. The molecule has 0 saturated carbocycles. The molecule has 1 saturated heterocycles. The molecule has 3 heteroatoms. The molecule has 1 fully saturated rings. The molecular formula is C15H21N3. The van der Waals surface area contributed by atoms with Crippen LogP contribution in [0.5, 0.6) is 0 Å². The quantitative estimate of drug-likeness (QED) is 0.879. The van der Waals surface area contributed by atoms with Gasteiger partial charge in [-0.05, 0) is 38.4 Å². The van der Waals surface area contributed by atoms with Gasteiger partial charge in [0.1, 0.15) is 5.54 Å². The Morgan fingerprint density at radius 2 is 2.17 bits per heavy atom. The average Bonchev–Trinajstić information content (AvgIpc) is 2.88. The molecule has 2 rings (SSSR count). The Morgan fingerprint density at radius 1 is 1.44 bits per heavy atom. The zero-order valence-electron chi connectivity index (χ0n) is 11.2. The summed E-state index contributed by atoms with van der Waals surface area (Å²) in [6.45, 7) is 4.90. The van der Waals surface area contributed by atoms with Gasteiger partial charge in [-0.15, -0.1) is 0 Å². The van der Waals surface area contributed by atoms with Crippen molar-refractivity contribution < 1.29 is 0 Å². The smallest absolute Gasteiger partial charge is 0.116 e. The van der Waals surface area contributed by atoms with Crippen LogP contribution < -0.4 is 5.32 Å². The van der Waals surface area contributed by atoms with Gasteiger partial charge < -0.3 is 5.32 Å². The fraction of sp³-hybridized carbons (Fsp3) is 0.533. The van der Waals surface area contributed by atoms with E-state index in [0.717, 1.165) is 19.6 Å². The van der Waals surface area contributed by atoms with E-state index < -0.39 is 5.54 Å². The Balaban J connectivity index is 1.96. The van der Waals surface area contributed by atoms with Crippen LogP contribution in [0.4, 0.5) is 0 Å². The molecule has 2 atom stereocenters. The highest BCUT2D eigenvalue weighted by Crippen LogP contribution is 2.27. The first-order chi connectivity index (χ1) is 8.67. The number of benzene rings is 1. The summed E-state index contributed by atoms with van der Waals surface area (Å²) in [5, 5.41) is 12.3. The van der Waals surface area contributed by atoms with Crippen LogP contribution in [0.1, 0.15) is 24.8 Å². The van der Waals surface area contributed by atoms with Crippen LogP contribution in [0.15, 0.2) is 30.3 Å². The molecule has 1 heterocycles. The van der Waals surface area contributed by atoms with E-state index in [-0.39, 0.29) is 0 Å². The third-order valence-electron chi connectivity index (χ3n) is 3.88. The van der Waals surface area contributed by atoms with E-state index in [1.807, 2.05) is 14.0 Å². The van der Waals surface area contributed by atoms with Gasteiger partial charge in [0.25, 0.3) is 0 Å². The Morgan fingerprint density at radius 3 is 2.78 bits per heavy atom. The van der Waals surface area contributed by atoms with E-state index in [4.69, 9.17) is 0 Å². The number of hydrogen-bond donors (Lipinski definition) is 1. The molecule has 1 aliphatic heterocycles. The van der Waals surface area contributed by atoms with E-state index >= 15 is 0 Å². The topological polar surface area (TPSA) is 39.1 Å². The monoisotopic (exact) mass is 243 g/mol. The fourth-order valence-electron chi connectivity index (χ4n) is 2.59. The number of nitrogens with zero attached hydrogens (tertiary/aromatic N) is 2. The van der Waals surface area contributed by atoms with Crippen molar-refractivity contribution in [2.24, 2.45) is 0 Å². The van der Waals surface area contributed by atoms with Gasteiger partial charge in [0.2, 0.25) is 0 Å². The molecular weight excluding hydrogens is 222 g/mol. The normalized spacial score (nSPS) is 23.5. The maximum Gasteiger partial charge on any atom is 0.116 e. The van der Waals surface area contributed by atoms with Gasteiger partial charge in [0, 0.05) is 13.1 Å². The summed E-state index contributed by atoms with van der Waals surface area (Å²) in [6, 6.07) is 13.0. The minimum absolute atomic E-state index is 0.439. The standard InChI is InChI=1S/C15H21N3/c1-15(11-16,17-2)12-18-9-8-14(10-18)13-6-4-3-5-7-13/h3-7,14,17H,8-10,12H2,1-2H3. The molecule has 3 nitrogen and oxygen atoms in total. The van der Waals surface area contributed by atoms with E-state index in [1.165, 1.54) is 12.0 Å². The number of nitrogens with one attached hydrogen (secondary N) is 1. The molecule has 0 bridgehead atoms. The van der Waals surface area contributed by atoms with Crippen molar-refractivity contribution in [2.75, 3.05) is 26.7 Å². The van der Waals surface area contributed by atoms with Crippen LogP contribution in [0, 0.1) is 11.3 Å². The largest absolute Gasteiger partial charge is 0.302 e. The summed E-state index contributed by atoms with van der Waals surface area (Å²) in [4.78, 5) is 2.39. The molecule has 0 radical (unpaired) electrons. The Hall–Kier alpha value is -1.37. The summed E-state index contributed by atoms with van der Waals surface area (Å²) in [5.74, 6) is 0.617. The second kappa shape index (κ2) is 5.51. The molecule has 0 aliphatic carbocycles. The lowest BCUT2D eigenvalue weighted by Gasteiger charge is -2.27. The minimum Gasteiger partial charge on any atom is -0.302 e. The van der Waals surface area contributed by atoms with Crippen molar-refractivity contribution in [3.8, 4) is 6.07 Å². The van der Waals surface area contributed by atoms with Crippen molar-refractivity contribution in [1.82, 2.24) is 10.2 Å². The third kappa shape index (κ3) is 2.90. The lowest BCUT2D eigenvalue weighted by Crippen LogP contribution is -2.48. The summed E-state index contributed by atoms with van der Waals surface area (Å²) >= 11 is 0. The predicted molar refractivity (Wildman–Crippen MR) is 73.3 cm³/mol. The van der Waals surface area contributed by atoms with Crippen LogP contribution in [-0.2, 0) is 0 Å². The molecule has 96 valence electrons. The van der Waals surface area contributed by atoms with Crippen LogP contribution >= 0.6 is 0 Å².